The number of carbonyl (C=O) groups is 1. The van der Waals surface area contributed by atoms with E-state index < -0.39 is 41.7 Å². The van der Waals surface area contributed by atoms with Gasteiger partial charge in [-0.3, -0.25) is 9.48 Å². The molecule has 9 heteroatoms. The fourth-order valence-corrected chi connectivity index (χ4v) is 6.23. The highest BCUT2D eigenvalue weighted by molar-refractivity contribution is 6.32. The zero-order valence-electron chi connectivity index (χ0n) is 14.7. The molecule has 1 aromatic rings. The Balaban J connectivity index is 1.42. The van der Waals surface area contributed by atoms with Crippen molar-refractivity contribution in [2.75, 3.05) is 6.54 Å². The zero-order valence-corrected chi connectivity index (χ0v) is 15.5. The number of nitrogens with one attached hydrogen (secondary N) is 1. The van der Waals surface area contributed by atoms with Gasteiger partial charge in [-0.15, -0.1) is 0 Å². The van der Waals surface area contributed by atoms with Gasteiger partial charge in [-0.05, 0) is 61.7 Å². The average molecular weight is 408 g/mol. The van der Waals surface area contributed by atoms with Crippen molar-refractivity contribution in [3.63, 3.8) is 0 Å². The average Bonchev–Trinajstić information content (AvgIpc) is 2.88. The van der Waals surface area contributed by atoms with Gasteiger partial charge in [-0.2, -0.15) is 5.10 Å². The molecule has 0 unspecified atom stereocenters. The van der Waals surface area contributed by atoms with Crippen LogP contribution in [0, 0.1) is 23.2 Å². The molecule has 1 aromatic heterocycles. The van der Waals surface area contributed by atoms with Gasteiger partial charge in [0.05, 0.1) is 5.02 Å². The highest BCUT2D eigenvalue weighted by atomic mass is 35.5. The summed E-state index contributed by atoms with van der Waals surface area (Å²) in [5, 5.41) is 5.51. The molecule has 5 rings (SSSR count). The summed E-state index contributed by atoms with van der Waals surface area (Å²) in [5.74, 6) is 1.69. The summed E-state index contributed by atoms with van der Waals surface area (Å²) in [4.78, 5) is 12.3. The number of hydrogen-bond donors (Lipinski definition) is 1. The fourth-order valence-electron chi connectivity index (χ4n) is 5.93. The number of hydrogen-bond acceptors (Lipinski definition) is 2. The van der Waals surface area contributed by atoms with Crippen molar-refractivity contribution >= 4 is 17.5 Å². The van der Waals surface area contributed by atoms with Gasteiger partial charge in [0.15, 0.2) is 0 Å². The van der Waals surface area contributed by atoms with E-state index >= 15 is 0 Å². The van der Waals surface area contributed by atoms with Crippen LogP contribution in [-0.2, 0) is 11.3 Å². The smallest absolute Gasteiger partial charge is 0.283 e. The first kappa shape index (κ1) is 19.0. The van der Waals surface area contributed by atoms with Crippen molar-refractivity contribution in [2.45, 2.75) is 57.9 Å². The van der Waals surface area contributed by atoms with Gasteiger partial charge in [0.25, 0.3) is 12.9 Å². The van der Waals surface area contributed by atoms with Gasteiger partial charge in [0, 0.05) is 6.54 Å². The Morgan fingerprint density at radius 1 is 1.11 bits per heavy atom. The quantitative estimate of drug-likeness (QED) is 0.692. The van der Waals surface area contributed by atoms with Crippen LogP contribution in [0.3, 0.4) is 0 Å². The van der Waals surface area contributed by atoms with Gasteiger partial charge in [-0.25, -0.2) is 17.6 Å². The third-order valence-corrected chi connectivity index (χ3v) is 6.88. The van der Waals surface area contributed by atoms with Crippen molar-refractivity contribution in [1.82, 2.24) is 15.1 Å². The Bertz CT molecular complexity index is 701. The summed E-state index contributed by atoms with van der Waals surface area (Å²) in [6.45, 7) is -0.0332. The number of rotatable bonds is 6. The number of alkyl halides is 4. The van der Waals surface area contributed by atoms with Gasteiger partial charge in [0.2, 0.25) is 5.91 Å². The monoisotopic (exact) mass is 407 g/mol. The van der Waals surface area contributed by atoms with E-state index in [2.05, 4.69) is 10.4 Å². The minimum Gasteiger partial charge on any atom is -0.354 e. The number of nitrogens with zero attached hydrogens (tertiary/aromatic N) is 2. The Morgan fingerprint density at radius 2 is 1.67 bits per heavy atom. The molecule has 4 fully saturated rings. The SMILES string of the molecule is O=C(Cn1nc(C(F)F)c(Cl)c1C(F)F)NCC12CC3CC(CC(C3)C1)C2. The van der Waals surface area contributed by atoms with E-state index in [1.165, 1.54) is 19.3 Å². The Hall–Kier alpha value is -1.31. The van der Waals surface area contributed by atoms with E-state index in [0.29, 0.717) is 11.2 Å². The summed E-state index contributed by atoms with van der Waals surface area (Å²) in [7, 11) is 0. The summed E-state index contributed by atoms with van der Waals surface area (Å²) >= 11 is 5.62. The Kier molecular flexibility index (Phi) is 4.89. The lowest BCUT2D eigenvalue weighted by atomic mass is 9.49. The molecular weight excluding hydrogens is 386 g/mol. The first-order valence-corrected chi connectivity index (χ1v) is 9.73. The van der Waals surface area contributed by atoms with E-state index in [1.807, 2.05) is 0 Å². The van der Waals surface area contributed by atoms with E-state index in [1.54, 1.807) is 0 Å². The normalized spacial score (nSPS) is 31.9. The molecule has 4 bridgehead atoms. The van der Waals surface area contributed by atoms with E-state index in [9.17, 15) is 22.4 Å². The molecule has 0 radical (unpaired) electrons. The second-order valence-corrected chi connectivity index (χ2v) is 8.92. The molecule has 0 aromatic carbocycles. The number of carbonyl (C=O) groups excluding carboxylic acids is 1. The molecule has 0 spiro atoms. The molecule has 0 saturated heterocycles. The molecule has 1 heterocycles. The van der Waals surface area contributed by atoms with E-state index in [0.717, 1.165) is 37.0 Å². The summed E-state index contributed by atoms with van der Waals surface area (Å²) < 4.78 is 52.7. The van der Waals surface area contributed by atoms with Crippen LogP contribution in [0.15, 0.2) is 0 Å². The Morgan fingerprint density at radius 3 is 2.15 bits per heavy atom. The van der Waals surface area contributed by atoms with Crippen LogP contribution in [0.25, 0.3) is 0 Å². The van der Waals surface area contributed by atoms with Crippen LogP contribution < -0.4 is 5.32 Å². The van der Waals surface area contributed by atoms with Gasteiger partial charge in [-0.1, -0.05) is 11.6 Å². The predicted octanol–water partition coefficient (Wildman–Crippen LogP) is 4.74. The number of halogens is 5. The summed E-state index contributed by atoms with van der Waals surface area (Å²) in [6, 6.07) is 0. The van der Waals surface area contributed by atoms with Gasteiger partial charge >= 0.3 is 0 Å². The molecule has 4 aliphatic carbocycles. The zero-order chi connectivity index (χ0) is 19.3. The lowest BCUT2D eigenvalue weighted by molar-refractivity contribution is -0.124. The number of amides is 1. The molecule has 4 nitrogen and oxygen atoms in total. The highest BCUT2D eigenvalue weighted by Crippen LogP contribution is 2.59. The van der Waals surface area contributed by atoms with Crippen LogP contribution in [0.4, 0.5) is 17.6 Å². The molecule has 27 heavy (non-hydrogen) atoms. The van der Waals surface area contributed by atoms with Crippen LogP contribution in [0.5, 0.6) is 0 Å². The van der Waals surface area contributed by atoms with E-state index in [4.69, 9.17) is 11.6 Å². The van der Waals surface area contributed by atoms with Crippen molar-refractivity contribution in [3.05, 3.63) is 16.4 Å². The van der Waals surface area contributed by atoms with Crippen LogP contribution in [0.2, 0.25) is 5.02 Å². The van der Waals surface area contributed by atoms with Crippen molar-refractivity contribution in [3.8, 4) is 0 Å². The lowest BCUT2D eigenvalue weighted by Crippen LogP contribution is -2.51. The third kappa shape index (κ3) is 3.57. The topological polar surface area (TPSA) is 46.9 Å². The third-order valence-electron chi connectivity index (χ3n) is 6.49. The summed E-state index contributed by atoms with van der Waals surface area (Å²) in [6.07, 6.45) is 0.993. The van der Waals surface area contributed by atoms with Gasteiger partial charge in [0.1, 0.15) is 17.9 Å². The van der Waals surface area contributed by atoms with Crippen molar-refractivity contribution in [1.29, 1.82) is 0 Å². The first-order chi connectivity index (χ1) is 12.8. The fraction of sp³-hybridized carbons (Fsp3) is 0.778. The van der Waals surface area contributed by atoms with Crippen molar-refractivity contribution < 1.29 is 22.4 Å². The van der Waals surface area contributed by atoms with Crippen LogP contribution in [0.1, 0.15) is 62.8 Å². The van der Waals surface area contributed by atoms with Crippen LogP contribution >= 0.6 is 11.6 Å². The maximum atomic E-state index is 13.2. The lowest BCUT2D eigenvalue weighted by Gasteiger charge is -2.56. The molecule has 1 amide bonds. The predicted molar refractivity (Wildman–Crippen MR) is 90.8 cm³/mol. The van der Waals surface area contributed by atoms with E-state index in [-0.39, 0.29) is 5.41 Å². The Labute approximate surface area is 159 Å². The highest BCUT2D eigenvalue weighted by Gasteiger charge is 2.50. The van der Waals surface area contributed by atoms with Gasteiger partial charge < -0.3 is 5.32 Å². The number of aromatic nitrogens is 2. The van der Waals surface area contributed by atoms with Crippen molar-refractivity contribution in [2.24, 2.45) is 23.2 Å². The maximum absolute atomic E-state index is 13.2. The molecule has 0 atom stereocenters. The molecule has 4 aliphatic rings. The second-order valence-electron chi connectivity index (χ2n) is 8.54. The molecule has 1 N–H and O–H groups in total. The molecule has 4 saturated carbocycles. The largest absolute Gasteiger partial charge is 0.354 e. The molecule has 0 aliphatic heterocycles. The first-order valence-electron chi connectivity index (χ1n) is 9.35. The molecule has 150 valence electrons. The summed E-state index contributed by atoms with van der Waals surface area (Å²) in [5.41, 5.74) is -1.65. The minimum absolute atomic E-state index is 0.103. The van der Waals surface area contributed by atoms with Crippen LogP contribution in [-0.4, -0.2) is 22.2 Å². The maximum Gasteiger partial charge on any atom is 0.283 e. The molecular formula is C18H22ClF4N3O. The second kappa shape index (κ2) is 6.94. The standard InChI is InChI=1S/C18H22ClF4N3O/c19-13-14(16(20)21)25-26(15(13)17(22)23)7-12(27)24-8-18-4-9-1-10(5-18)3-11(2-9)6-18/h9-11,16-17H,1-8H2,(H,24,27). The minimum atomic E-state index is -3.09.